The number of carbonyl (C=O) groups is 2. The van der Waals surface area contributed by atoms with E-state index in [0.29, 0.717) is 28.6 Å². The molecule has 0 aromatic heterocycles. The number of hydrogen-bond acceptors (Lipinski definition) is 4. The van der Waals surface area contributed by atoms with E-state index in [1.165, 1.54) is 12.1 Å². The summed E-state index contributed by atoms with van der Waals surface area (Å²) in [6.07, 6.45) is 0. The third kappa shape index (κ3) is 5.57. The lowest BCUT2D eigenvalue weighted by Gasteiger charge is -2.21. The molecule has 2 atom stereocenters. The number of methoxy groups -OCH3 is 2. The Morgan fingerprint density at radius 3 is 2.49 bits per heavy atom. The first kappa shape index (κ1) is 24.5. The fourth-order valence-corrected chi connectivity index (χ4v) is 4.59. The first-order chi connectivity index (χ1) is 16.9. The quantitative estimate of drug-likeness (QED) is 0.516. The highest BCUT2D eigenvalue weighted by atomic mass is 35.5. The zero-order chi connectivity index (χ0) is 24.9. The first-order valence-electron chi connectivity index (χ1n) is 11.2. The second-order valence-corrected chi connectivity index (χ2v) is 8.82. The van der Waals surface area contributed by atoms with Crippen LogP contribution in [0.3, 0.4) is 0 Å². The van der Waals surface area contributed by atoms with Crippen molar-refractivity contribution in [3.63, 3.8) is 0 Å². The van der Waals surface area contributed by atoms with Gasteiger partial charge in [-0.15, -0.1) is 0 Å². The summed E-state index contributed by atoms with van der Waals surface area (Å²) in [4.78, 5) is 28.3. The Morgan fingerprint density at radius 2 is 1.80 bits per heavy atom. The van der Waals surface area contributed by atoms with Gasteiger partial charge in [-0.2, -0.15) is 0 Å². The van der Waals surface area contributed by atoms with Crippen LogP contribution in [-0.2, 0) is 11.3 Å². The molecule has 2 amide bonds. The van der Waals surface area contributed by atoms with Crippen molar-refractivity contribution in [2.75, 3.05) is 27.3 Å². The molecule has 2 unspecified atom stereocenters. The standard InChI is InChI=1S/C27H26ClFN2O4/c1-34-21-10-11-22(25(13-21)35-2)23-15-31(27(33)18-4-3-5-19(28)12-18)16-24(23)26(32)30-14-17-6-8-20(29)9-7-17/h3-13,23-24H,14-16H2,1-2H3,(H,30,32). The highest BCUT2D eigenvalue weighted by molar-refractivity contribution is 6.30. The number of benzene rings is 3. The van der Waals surface area contributed by atoms with E-state index in [1.807, 2.05) is 12.1 Å². The lowest BCUT2D eigenvalue weighted by Crippen LogP contribution is -2.35. The summed E-state index contributed by atoms with van der Waals surface area (Å²) in [5.74, 6) is -0.321. The van der Waals surface area contributed by atoms with Gasteiger partial charge >= 0.3 is 0 Å². The third-order valence-corrected chi connectivity index (χ3v) is 6.47. The average Bonchev–Trinajstić information content (AvgIpc) is 3.32. The van der Waals surface area contributed by atoms with Crippen LogP contribution in [0, 0.1) is 11.7 Å². The highest BCUT2D eigenvalue weighted by Gasteiger charge is 2.41. The van der Waals surface area contributed by atoms with Crippen LogP contribution in [0.4, 0.5) is 4.39 Å². The average molecular weight is 497 g/mol. The Kier molecular flexibility index (Phi) is 7.56. The van der Waals surface area contributed by atoms with Crippen LogP contribution in [0.2, 0.25) is 5.02 Å². The van der Waals surface area contributed by atoms with Crippen molar-refractivity contribution >= 4 is 23.4 Å². The summed E-state index contributed by atoms with van der Waals surface area (Å²) in [7, 11) is 3.13. The molecule has 1 N–H and O–H groups in total. The topological polar surface area (TPSA) is 67.9 Å². The number of rotatable bonds is 7. The van der Waals surface area contributed by atoms with E-state index in [9.17, 15) is 14.0 Å². The van der Waals surface area contributed by atoms with Gasteiger partial charge in [0.05, 0.1) is 20.1 Å². The molecule has 182 valence electrons. The molecule has 3 aromatic rings. The molecule has 1 heterocycles. The van der Waals surface area contributed by atoms with E-state index in [1.54, 1.807) is 61.6 Å². The number of likely N-dealkylation sites (tertiary alicyclic amines) is 1. The van der Waals surface area contributed by atoms with Gasteiger partial charge in [0, 0.05) is 47.8 Å². The highest BCUT2D eigenvalue weighted by Crippen LogP contribution is 2.40. The van der Waals surface area contributed by atoms with Gasteiger partial charge in [0.2, 0.25) is 5.91 Å². The van der Waals surface area contributed by atoms with Gasteiger partial charge < -0.3 is 19.7 Å². The Bertz CT molecular complexity index is 1220. The number of carbonyl (C=O) groups excluding carboxylic acids is 2. The SMILES string of the molecule is COc1ccc(C2CN(C(=O)c3cccc(Cl)c3)CC2C(=O)NCc2ccc(F)cc2)c(OC)c1. The zero-order valence-electron chi connectivity index (χ0n) is 19.5. The molecule has 0 spiro atoms. The largest absolute Gasteiger partial charge is 0.497 e. The maximum atomic E-state index is 13.3. The van der Waals surface area contributed by atoms with E-state index in [0.717, 1.165) is 11.1 Å². The molecule has 0 saturated carbocycles. The Labute approximate surface area is 208 Å². The third-order valence-electron chi connectivity index (χ3n) is 6.24. The van der Waals surface area contributed by atoms with Gasteiger partial charge in [0.1, 0.15) is 17.3 Å². The van der Waals surface area contributed by atoms with Crippen molar-refractivity contribution in [2.45, 2.75) is 12.5 Å². The summed E-state index contributed by atoms with van der Waals surface area (Å²) < 4.78 is 24.1. The fourth-order valence-electron chi connectivity index (χ4n) is 4.40. The van der Waals surface area contributed by atoms with Crippen molar-refractivity contribution in [1.29, 1.82) is 0 Å². The molecular weight excluding hydrogens is 471 g/mol. The Morgan fingerprint density at radius 1 is 1.03 bits per heavy atom. The van der Waals surface area contributed by atoms with Crippen molar-refractivity contribution in [1.82, 2.24) is 10.2 Å². The summed E-state index contributed by atoms with van der Waals surface area (Å²) in [6.45, 7) is 0.827. The van der Waals surface area contributed by atoms with E-state index in [4.69, 9.17) is 21.1 Å². The molecule has 0 aliphatic carbocycles. The molecule has 4 rings (SSSR count). The number of hydrogen-bond donors (Lipinski definition) is 1. The lowest BCUT2D eigenvalue weighted by molar-refractivity contribution is -0.125. The maximum absolute atomic E-state index is 13.3. The number of amides is 2. The number of nitrogens with one attached hydrogen (secondary N) is 1. The van der Waals surface area contributed by atoms with Gasteiger partial charge in [0.15, 0.2) is 0 Å². The van der Waals surface area contributed by atoms with E-state index >= 15 is 0 Å². The van der Waals surface area contributed by atoms with E-state index in [-0.39, 0.29) is 36.6 Å². The fraction of sp³-hybridized carbons (Fsp3) is 0.259. The van der Waals surface area contributed by atoms with Crippen molar-refractivity contribution in [3.8, 4) is 11.5 Å². The predicted octanol–water partition coefficient (Wildman–Crippen LogP) is 4.67. The molecule has 1 saturated heterocycles. The summed E-state index contributed by atoms with van der Waals surface area (Å²) >= 11 is 6.09. The molecule has 8 heteroatoms. The minimum absolute atomic E-state index is 0.196. The smallest absolute Gasteiger partial charge is 0.253 e. The van der Waals surface area contributed by atoms with Gasteiger partial charge in [-0.25, -0.2) is 4.39 Å². The van der Waals surface area contributed by atoms with E-state index in [2.05, 4.69) is 5.32 Å². The molecule has 1 aliphatic rings. The zero-order valence-corrected chi connectivity index (χ0v) is 20.2. The second-order valence-electron chi connectivity index (χ2n) is 8.39. The molecule has 3 aromatic carbocycles. The molecule has 0 bridgehead atoms. The molecule has 1 aliphatic heterocycles. The summed E-state index contributed by atoms with van der Waals surface area (Å²) in [6, 6.07) is 18.2. The molecule has 0 radical (unpaired) electrons. The van der Waals surface area contributed by atoms with Crippen LogP contribution in [0.15, 0.2) is 66.7 Å². The van der Waals surface area contributed by atoms with Gasteiger partial charge in [-0.1, -0.05) is 35.9 Å². The van der Waals surface area contributed by atoms with Gasteiger partial charge in [0.25, 0.3) is 5.91 Å². The maximum Gasteiger partial charge on any atom is 0.253 e. The molecule has 6 nitrogen and oxygen atoms in total. The molecule has 1 fully saturated rings. The van der Waals surface area contributed by atoms with Gasteiger partial charge in [-0.05, 0) is 42.0 Å². The Balaban J connectivity index is 1.61. The van der Waals surface area contributed by atoms with Crippen LogP contribution >= 0.6 is 11.6 Å². The Hall–Kier alpha value is -3.58. The summed E-state index contributed by atoms with van der Waals surface area (Å²) in [5.41, 5.74) is 2.06. The lowest BCUT2D eigenvalue weighted by atomic mass is 9.87. The summed E-state index contributed by atoms with van der Waals surface area (Å²) in [5, 5.41) is 3.41. The molecular formula is C27H26ClFN2O4. The monoisotopic (exact) mass is 496 g/mol. The van der Waals surface area contributed by atoms with Crippen LogP contribution in [0.25, 0.3) is 0 Å². The van der Waals surface area contributed by atoms with Crippen LogP contribution in [-0.4, -0.2) is 44.0 Å². The predicted molar refractivity (Wildman–Crippen MR) is 131 cm³/mol. The normalized spacial score (nSPS) is 17.2. The van der Waals surface area contributed by atoms with E-state index < -0.39 is 5.92 Å². The number of nitrogens with zero attached hydrogens (tertiary/aromatic N) is 1. The number of ether oxygens (including phenoxy) is 2. The van der Waals surface area contributed by atoms with Crippen molar-refractivity contribution < 1.29 is 23.5 Å². The van der Waals surface area contributed by atoms with Crippen molar-refractivity contribution in [3.05, 3.63) is 94.3 Å². The number of halogens is 2. The molecule has 35 heavy (non-hydrogen) atoms. The van der Waals surface area contributed by atoms with Crippen molar-refractivity contribution in [2.24, 2.45) is 5.92 Å². The first-order valence-corrected chi connectivity index (χ1v) is 11.6. The van der Waals surface area contributed by atoms with Crippen LogP contribution < -0.4 is 14.8 Å². The van der Waals surface area contributed by atoms with Crippen LogP contribution in [0.5, 0.6) is 11.5 Å². The van der Waals surface area contributed by atoms with Crippen LogP contribution in [0.1, 0.15) is 27.4 Å². The second kappa shape index (κ2) is 10.8. The van der Waals surface area contributed by atoms with Gasteiger partial charge in [-0.3, -0.25) is 9.59 Å². The minimum Gasteiger partial charge on any atom is -0.497 e. The minimum atomic E-state index is -0.513.